The van der Waals surface area contributed by atoms with Crippen LogP contribution < -0.4 is 14.8 Å². The monoisotopic (exact) mass is 437 g/mol. The van der Waals surface area contributed by atoms with E-state index < -0.39 is 11.0 Å². The number of allylic oxidation sites excluding steroid dienone is 1. The Morgan fingerprint density at radius 3 is 2.50 bits per heavy atom. The highest BCUT2D eigenvalue weighted by Crippen LogP contribution is 2.35. The number of urea groups is 1. The summed E-state index contributed by atoms with van der Waals surface area (Å²) in [6.07, 6.45) is 3.78. The Balaban J connectivity index is 1.89. The van der Waals surface area contributed by atoms with Gasteiger partial charge in [0.25, 0.3) is 11.6 Å². The van der Waals surface area contributed by atoms with Crippen molar-refractivity contribution < 1.29 is 24.0 Å². The molecule has 9 nitrogen and oxygen atoms in total. The molecule has 1 N–H and O–H groups in total. The number of carbonyl (C=O) groups is 2. The Kier molecular flexibility index (Phi) is 6.89. The zero-order valence-corrected chi connectivity index (χ0v) is 17.8. The lowest BCUT2D eigenvalue weighted by molar-refractivity contribution is -0.384. The molecule has 0 spiro atoms. The molecule has 0 aliphatic carbocycles. The molecule has 3 rings (SSSR count). The van der Waals surface area contributed by atoms with Gasteiger partial charge in [-0.1, -0.05) is 6.08 Å². The lowest BCUT2D eigenvalue weighted by atomic mass is 10.0. The first-order valence-corrected chi connectivity index (χ1v) is 9.90. The minimum absolute atomic E-state index is 0.00579. The number of imide groups is 1. The summed E-state index contributed by atoms with van der Waals surface area (Å²) in [6, 6.07) is 9.18. The van der Waals surface area contributed by atoms with Gasteiger partial charge in [-0.05, 0) is 54.8 Å². The Morgan fingerprint density at radius 1 is 1.22 bits per heavy atom. The Hall–Kier alpha value is -4.14. The number of hydrogen-bond donors (Lipinski definition) is 1. The number of methoxy groups -OCH3 is 1. The third-order valence-corrected chi connectivity index (χ3v) is 4.86. The van der Waals surface area contributed by atoms with Gasteiger partial charge in [-0.15, -0.1) is 6.58 Å². The Bertz CT molecular complexity index is 1090. The first-order valence-electron chi connectivity index (χ1n) is 9.90. The third-order valence-electron chi connectivity index (χ3n) is 4.86. The van der Waals surface area contributed by atoms with E-state index in [0.717, 1.165) is 16.0 Å². The number of ether oxygens (including phenoxy) is 2. The summed E-state index contributed by atoms with van der Waals surface area (Å²) in [7, 11) is 1.50. The number of amides is 3. The fraction of sp³-hybridized carbons (Fsp3) is 0.217. The molecular formula is C23H23N3O6. The van der Waals surface area contributed by atoms with Gasteiger partial charge in [-0.25, -0.2) is 4.79 Å². The van der Waals surface area contributed by atoms with E-state index >= 15 is 0 Å². The van der Waals surface area contributed by atoms with Gasteiger partial charge in [-0.3, -0.25) is 19.8 Å². The third kappa shape index (κ3) is 4.77. The predicted octanol–water partition coefficient (Wildman–Crippen LogP) is 3.82. The maximum atomic E-state index is 12.4. The van der Waals surface area contributed by atoms with Crippen molar-refractivity contribution in [3.63, 3.8) is 0 Å². The Labute approximate surface area is 185 Å². The number of carbonyl (C=O) groups excluding carboxylic acids is 2. The highest BCUT2D eigenvalue weighted by molar-refractivity contribution is 6.13. The van der Waals surface area contributed by atoms with Crippen LogP contribution in [0, 0.1) is 10.1 Å². The number of nitrogens with zero attached hydrogens (tertiary/aromatic N) is 2. The first-order chi connectivity index (χ1) is 15.4. The predicted molar refractivity (Wildman–Crippen MR) is 118 cm³/mol. The summed E-state index contributed by atoms with van der Waals surface area (Å²) in [6.45, 7) is 5.96. The van der Waals surface area contributed by atoms with Crippen LogP contribution in [0.1, 0.15) is 23.6 Å². The van der Waals surface area contributed by atoms with Crippen LogP contribution in [0.5, 0.6) is 11.5 Å². The molecule has 1 aliphatic heterocycles. The summed E-state index contributed by atoms with van der Waals surface area (Å²) in [5, 5.41) is 13.4. The number of likely N-dealkylation sites (N-methyl/N-ethyl adjacent to an activating group) is 1. The minimum Gasteiger partial charge on any atom is -0.493 e. The van der Waals surface area contributed by atoms with E-state index in [1.807, 2.05) is 6.07 Å². The second-order valence-electron chi connectivity index (χ2n) is 6.95. The van der Waals surface area contributed by atoms with Crippen LogP contribution >= 0.6 is 0 Å². The molecule has 0 atom stereocenters. The number of nitro benzene ring substituents is 1. The summed E-state index contributed by atoms with van der Waals surface area (Å²) in [4.78, 5) is 35.7. The number of nitro groups is 1. The molecule has 1 saturated heterocycles. The number of hydrogen-bond acceptors (Lipinski definition) is 6. The normalized spacial score (nSPS) is 14.4. The zero-order valence-electron chi connectivity index (χ0n) is 17.8. The van der Waals surface area contributed by atoms with Crippen molar-refractivity contribution in [3.8, 4) is 11.5 Å². The van der Waals surface area contributed by atoms with Gasteiger partial charge >= 0.3 is 6.03 Å². The van der Waals surface area contributed by atoms with E-state index in [0.29, 0.717) is 23.5 Å². The summed E-state index contributed by atoms with van der Waals surface area (Å²) in [5.74, 6) is 0.562. The lowest BCUT2D eigenvalue weighted by Gasteiger charge is -2.16. The van der Waals surface area contributed by atoms with Crippen LogP contribution in [-0.4, -0.2) is 35.4 Å². The summed E-state index contributed by atoms with van der Waals surface area (Å²) < 4.78 is 11.5. The molecule has 2 aromatic carbocycles. The smallest absolute Gasteiger partial charge is 0.328 e. The van der Waals surface area contributed by atoms with Gasteiger partial charge < -0.3 is 14.8 Å². The van der Waals surface area contributed by atoms with E-state index in [1.54, 1.807) is 37.3 Å². The summed E-state index contributed by atoms with van der Waals surface area (Å²) >= 11 is 0. The molecule has 0 unspecified atom stereocenters. The van der Waals surface area contributed by atoms with Crippen LogP contribution in [0.4, 0.5) is 10.5 Å². The van der Waals surface area contributed by atoms with Crippen LogP contribution in [0.15, 0.2) is 54.8 Å². The molecule has 3 amide bonds. The molecule has 32 heavy (non-hydrogen) atoms. The van der Waals surface area contributed by atoms with Gasteiger partial charge in [0.2, 0.25) is 0 Å². The zero-order chi connectivity index (χ0) is 23.3. The molecule has 0 aromatic heterocycles. The van der Waals surface area contributed by atoms with Crippen LogP contribution in [-0.2, 0) is 17.8 Å². The van der Waals surface area contributed by atoms with Crippen molar-refractivity contribution in [2.45, 2.75) is 20.0 Å². The quantitative estimate of drug-likeness (QED) is 0.210. The summed E-state index contributed by atoms with van der Waals surface area (Å²) in [5.41, 5.74) is 2.38. The van der Waals surface area contributed by atoms with E-state index in [4.69, 9.17) is 9.47 Å². The number of rotatable bonds is 9. The van der Waals surface area contributed by atoms with Crippen LogP contribution in [0.25, 0.3) is 6.08 Å². The molecule has 1 heterocycles. The standard InChI is InChI=1S/C23H23N3O6/c1-4-6-17-11-16(12-19-22(27)25(5-2)23(28)24-19)13-20(31-3)21(17)32-14-15-7-9-18(10-8-15)26(29)30/h4,7-13H,1,5-6,14H2,2-3H3,(H,24,28)/b19-12+. The molecular weight excluding hydrogens is 414 g/mol. The molecule has 2 aromatic rings. The molecule has 1 aliphatic rings. The van der Waals surface area contributed by atoms with Gasteiger partial charge in [-0.2, -0.15) is 0 Å². The average molecular weight is 437 g/mol. The largest absolute Gasteiger partial charge is 0.493 e. The molecule has 166 valence electrons. The van der Waals surface area contributed by atoms with Gasteiger partial charge in [0.15, 0.2) is 11.5 Å². The van der Waals surface area contributed by atoms with Gasteiger partial charge in [0, 0.05) is 24.2 Å². The van der Waals surface area contributed by atoms with Gasteiger partial charge in [0.1, 0.15) is 12.3 Å². The maximum Gasteiger partial charge on any atom is 0.328 e. The fourth-order valence-electron chi connectivity index (χ4n) is 3.28. The highest BCUT2D eigenvalue weighted by Gasteiger charge is 2.32. The topological polar surface area (TPSA) is 111 Å². The minimum atomic E-state index is -0.458. The van der Waals surface area contributed by atoms with E-state index in [9.17, 15) is 19.7 Å². The van der Waals surface area contributed by atoms with Crippen molar-refractivity contribution in [2.24, 2.45) is 0 Å². The first kappa shape index (κ1) is 22.5. The van der Waals surface area contributed by atoms with Crippen molar-refractivity contribution >= 4 is 23.7 Å². The molecule has 9 heteroatoms. The molecule has 0 saturated carbocycles. The van der Waals surface area contributed by atoms with Gasteiger partial charge in [0.05, 0.1) is 12.0 Å². The van der Waals surface area contributed by atoms with Crippen LogP contribution in [0.3, 0.4) is 0 Å². The van der Waals surface area contributed by atoms with E-state index in [-0.39, 0.29) is 30.4 Å². The second kappa shape index (κ2) is 9.78. The average Bonchev–Trinajstić information content (AvgIpc) is 3.05. The number of benzene rings is 2. The number of non-ortho nitro benzene ring substituents is 1. The van der Waals surface area contributed by atoms with Crippen molar-refractivity contribution in [2.75, 3.05) is 13.7 Å². The van der Waals surface area contributed by atoms with Crippen molar-refractivity contribution in [1.29, 1.82) is 0 Å². The highest BCUT2D eigenvalue weighted by atomic mass is 16.6. The molecule has 1 fully saturated rings. The van der Waals surface area contributed by atoms with Crippen molar-refractivity contribution in [1.82, 2.24) is 10.2 Å². The lowest BCUT2D eigenvalue weighted by Crippen LogP contribution is -2.30. The van der Waals surface area contributed by atoms with E-state index in [1.165, 1.54) is 19.2 Å². The van der Waals surface area contributed by atoms with Crippen LogP contribution in [0.2, 0.25) is 0 Å². The maximum absolute atomic E-state index is 12.4. The van der Waals surface area contributed by atoms with E-state index in [2.05, 4.69) is 11.9 Å². The Morgan fingerprint density at radius 2 is 1.94 bits per heavy atom. The number of nitrogens with one attached hydrogen (secondary N) is 1. The molecule has 0 radical (unpaired) electrons. The SMILES string of the molecule is C=CCc1cc(/C=C2/NC(=O)N(CC)C2=O)cc(OC)c1OCc1ccc([N+](=O)[O-])cc1. The second-order valence-corrected chi connectivity index (χ2v) is 6.95. The van der Waals surface area contributed by atoms with Crippen molar-refractivity contribution in [3.05, 3.63) is 81.6 Å². The molecule has 0 bridgehead atoms. The fourth-order valence-corrected chi connectivity index (χ4v) is 3.28.